The maximum atomic E-state index is 2.35. The largest absolute Gasteiger partial charge is 0.0622 e. The van der Waals surface area contributed by atoms with Gasteiger partial charge >= 0.3 is 0 Å². The third-order valence-corrected chi connectivity index (χ3v) is 4.99. The first kappa shape index (κ1) is 13.3. The van der Waals surface area contributed by atoms with Crippen LogP contribution in [0, 0.1) is 6.92 Å². The maximum Gasteiger partial charge on any atom is 0.0165 e. The van der Waals surface area contributed by atoms with Crippen LogP contribution >= 0.6 is 0 Å². The monoisotopic (exact) mass is 284 g/mol. The van der Waals surface area contributed by atoms with Crippen LogP contribution < -0.4 is 0 Å². The van der Waals surface area contributed by atoms with E-state index in [1.165, 1.54) is 38.9 Å². The second kappa shape index (κ2) is 4.58. The molecule has 0 spiro atoms. The first-order valence-corrected chi connectivity index (χ1v) is 7.90. The topological polar surface area (TPSA) is 0 Å². The summed E-state index contributed by atoms with van der Waals surface area (Å²) in [6.07, 6.45) is 0. The zero-order valence-corrected chi connectivity index (χ0v) is 13.4. The Balaban J connectivity index is 2.10. The molecular formula is C22H20. The van der Waals surface area contributed by atoms with Crippen LogP contribution in [0.4, 0.5) is 0 Å². The molecule has 1 aliphatic rings. The van der Waals surface area contributed by atoms with Crippen LogP contribution in [0.3, 0.4) is 0 Å². The van der Waals surface area contributed by atoms with Crippen molar-refractivity contribution in [1.82, 2.24) is 0 Å². The van der Waals surface area contributed by atoms with Gasteiger partial charge in [-0.05, 0) is 45.9 Å². The average molecular weight is 284 g/mol. The van der Waals surface area contributed by atoms with Crippen LogP contribution in [0.25, 0.3) is 22.3 Å². The zero-order chi connectivity index (χ0) is 15.3. The summed E-state index contributed by atoms with van der Waals surface area (Å²) in [7, 11) is 0. The summed E-state index contributed by atoms with van der Waals surface area (Å²) >= 11 is 0. The zero-order valence-electron chi connectivity index (χ0n) is 13.4. The average Bonchev–Trinajstić information content (AvgIpc) is 2.77. The SMILES string of the molecule is Cc1ccc2c(c1-c1ccccc1)C(C)(C)c1ccccc1-2. The van der Waals surface area contributed by atoms with E-state index < -0.39 is 0 Å². The summed E-state index contributed by atoms with van der Waals surface area (Å²) in [6, 6.07) is 24.2. The van der Waals surface area contributed by atoms with Gasteiger partial charge in [0.1, 0.15) is 0 Å². The van der Waals surface area contributed by atoms with Crippen molar-refractivity contribution in [2.75, 3.05) is 0 Å². The Morgan fingerprint density at radius 3 is 2.14 bits per heavy atom. The van der Waals surface area contributed by atoms with E-state index in [4.69, 9.17) is 0 Å². The lowest BCUT2D eigenvalue weighted by atomic mass is 9.77. The molecule has 0 heterocycles. The molecule has 108 valence electrons. The van der Waals surface area contributed by atoms with Gasteiger partial charge in [0, 0.05) is 5.41 Å². The lowest BCUT2D eigenvalue weighted by Crippen LogP contribution is -2.16. The third kappa shape index (κ3) is 1.70. The third-order valence-electron chi connectivity index (χ3n) is 4.99. The van der Waals surface area contributed by atoms with Crippen molar-refractivity contribution in [3.8, 4) is 22.3 Å². The van der Waals surface area contributed by atoms with Gasteiger partial charge in [-0.25, -0.2) is 0 Å². The van der Waals surface area contributed by atoms with E-state index in [0.29, 0.717) is 0 Å². The molecule has 0 nitrogen and oxygen atoms in total. The fourth-order valence-corrected chi connectivity index (χ4v) is 3.95. The number of hydrogen-bond donors (Lipinski definition) is 0. The van der Waals surface area contributed by atoms with Crippen molar-refractivity contribution in [2.45, 2.75) is 26.2 Å². The van der Waals surface area contributed by atoms with Crippen molar-refractivity contribution in [1.29, 1.82) is 0 Å². The fourth-order valence-electron chi connectivity index (χ4n) is 3.95. The highest BCUT2D eigenvalue weighted by atomic mass is 14.4. The standard InChI is InChI=1S/C22H20/c1-15-13-14-18-17-11-7-8-12-19(17)22(2,3)21(18)20(15)16-9-5-4-6-10-16/h4-14H,1-3H3. The molecule has 0 fully saturated rings. The highest BCUT2D eigenvalue weighted by Crippen LogP contribution is 2.52. The fraction of sp³-hybridized carbons (Fsp3) is 0.182. The molecule has 0 atom stereocenters. The number of rotatable bonds is 1. The lowest BCUT2D eigenvalue weighted by molar-refractivity contribution is 0.661. The molecule has 1 aliphatic carbocycles. The van der Waals surface area contributed by atoms with Gasteiger partial charge in [0.05, 0.1) is 0 Å². The van der Waals surface area contributed by atoms with Crippen LogP contribution in [0.5, 0.6) is 0 Å². The van der Waals surface area contributed by atoms with Gasteiger partial charge in [-0.15, -0.1) is 0 Å². The molecule has 0 saturated carbocycles. The van der Waals surface area contributed by atoms with Crippen LogP contribution in [0.1, 0.15) is 30.5 Å². The molecule has 0 radical (unpaired) electrons. The Labute approximate surface area is 132 Å². The Kier molecular flexibility index (Phi) is 2.77. The first-order chi connectivity index (χ1) is 10.6. The van der Waals surface area contributed by atoms with Gasteiger partial charge < -0.3 is 0 Å². The molecule has 0 bridgehead atoms. The van der Waals surface area contributed by atoms with Gasteiger partial charge in [0.25, 0.3) is 0 Å². The van der Waals surface area contributed by atoms with E-state index in [2.05, 4.69) is 87.5 Å². The van der Waals surface area contributed by atoms with Gasteiger partial charge in [0.2, 0.25) is 0 Å². The summed E-state index contributed by atoms with van der Waals surface area (Å²) in [5, 5.41) is 0. The Bertz CT molecular complexity index is 854. The van der Waals surface area contributed by atoms with Gasteiger partial charge in [-0.1, -0.05) is 80.6 Å². The van der Waals surface area contributed by atoms with E-state index in [9.17, 15) is 0 Å². The smallest absolute Gasteiger partial charge is 0.0165 e. The summed E-state index contributed by atoms with van der Waals surface area (Å²) in [5.41, 5.74) is 9.81. The van der Waals surface area contributed by atoms with Crippen LogP contribution in [-0.4, -0.2) is 0 Å². The Morgan fingerprint density at radius 2 is 1.36 bits per heavy atom. The normalized spacial score (nSPS) is 14.5. The van der Waals surface area contributed by atoms with E-state index in [-0.39, 0.29) is 5.41 Å². The molecule has 0 heteroatoms. The summed E-state index contributed by atoms with van der Waals surface area (Å²) in [6.45, 7) is 6.93. The molecule has 4 rings (SSSR count). The van der Waals surface area contributed by atoms with Crippen molar-refractivity contribution in [3.05, 3.63) is 83.4 Å². The van der Waals surface area contributed by atoms with E-state index in [1.807, 2.05) is 0 Å². The van der Waals surface area contributed by atoms with Crippen LogP contribution in [-0.2, 0) is 5.41 Å². The molecule has 0 saturated heterocycles. The van der Waals surface area contributed by atoms with Crippen molar-refractivity contribution in [3.63, 3.8) is 0 Å². The van der Waals surface area contributed by atoms with Crippen molar-refractivity contribution in [2.24, 2.45) is 0 Å². The molecule has 3 aromatic carbocycles. The number of fused-ring (bicyclic) bond motifs is 3. The predicted molar refractivity (Wildman–Crippen MR) is 94.2 cm³/mol. The van der Waals surface area contributed by atoms with E-state index in [0.717, 1.165) is 0 Å². The minimum Gasteiger partial charge on any atom is -0.0622 e. The highest BCUT2D eigenvalue weighted by Gasteiger charge is 2.37. The van der Waals surface area contributed by atoms with Crippen LogP contribution in [0.15, 0.2) is 66.7 Å². The quantitative estimate of drug-likeness (QED) is 0.516. The minimum atomic E-state index is 0.0448. The molecular weight excluding hydrogens is 264 g/mol. The van der Waals surface area contributed by atoms with Crippen LogP contribution in [0.2, 0.25) is 0 Å². The Hall–Kier alpha value is -2.34. The van der Waals surface area contributed by atoms with Gasteiger partial charge in [0.15, 0.2) is 0 Å². The second-order valence-electron chi connectivity index (χ2n) is 6.72. The maximum absolute atomic E-state index is 2.35. The van der Waals surface area contributed by atoms with E-state index >= 15 is 0 Å². The lowest BCUT2D eigenvalue weighted by Gasteiger charge is -2.25. The van der Waals surface area contributed by atoms with Gasteiger partial charge in [-0.3, -0.25) is 0 Å². The molecule has 0 aromatic heterocycles. The number of aryl methyl sites for hydroxylation is 1. The first-order valence-electron chi connectivity index (χ1n) is 7.90. The molecule has 0 aliphatic heterocycles. The molecule has 0 amide bonds. The summed E-state index contributed by atoms with van der Waals surface area (Å²) in [5.74, 6) is 0. The number of hydrogen-bond acceptors (Lipinski definition) is 0. The minimum absolute atomic E-state index is 0.0448. The van der Waals surface area contributed by atoms with E-state index in [1.54, 1.807) is 0 Å². The molecule has 3 aromatic rings. The summed E-state index contributed by atoms with van der Waals surface area (Å²) < 4.78 is 0. The number of benzene rings is 3. The predicted octanol–water partition coefficient (Wildman–Crippen LogP) is 5.97. The molecule has 0 N–H and O–H groups in total. The summed E-state index contributed by atoms with van der Waals surface area (Å²) in [4.78, 5) is 0. The highest BCUT2D eigenvalue weighted by molar-refractivity contribution is 5.89. The molecule has 0 unspecified atom stereocenters. The van der Waals surface area contributed by atoms with Crippen molar-refractivity contribution < 1.29 is 0 Å². The van der Waals surface area contributed by atoms with Crippen molar-refractivity contribution >= 4 is 0 Å². The Morgan fingerprint density at radius 1 is 0.682 bits per heavy atom. The molecule has 22 heavy (non-hydrogen) atoms. The second-order valence-corrected chi connectivity index (χ2v) is 6.72. The van der Waals surface area contributed by atoms with Gasteiger partial charge in [-0.2, -0.15) is 0 Å².